The number of imidazole rings is 1. The molecule has 4 aromatic rings. The Kier molecular flexibility index (Phi) is 5.05. The Balaban J connectivity index is 2.07. The predicted molar refractivity (Wildman–Crippen MR) is 107 cm³/mol. The highest BCUT2D eigenvalue weighted by atomic mass is 19.1. The molecule has 0 aliphatic rings. The average Bonchev–Trinajstić information content (AvgIpc) is 3.14. The van der Waals surface area contributed by atoms with Crippen LogP contribution >= 0.6 is 0 Å². The lowest BCUT2D eigenvalue weighted by molar-refractivity contribution is 0.0523. The monoisotopic (exact) mass is 420 g/mol. The Morgan fingerprint density at radius 3 is 2.61 bits per heavy atom. The van der Waals surface area contributed by atoms with Gasteiger partial charge in [0.05, 0.1) is 35.8 Å². The van der Waals surface area contributed by atoms with Crippen molar-refractivity contribution in [3.05, 3.63) is 81.8 Å². The van der Waals surface area contributed by atoms with E-state index < -0.39 is 23.2 Å². The third-order valence-corrected chi connectivity index (χ3v) is 4.64. The molecule has 0 amide bonds. The van der Waals surface area contributed by atoms with Gasteiger partial charge in [-0.25, -0.2) is 23.0 Å². The predicted octanol–water partition coefficient (Wildman–Crippen LogP) is 3.68. The van der Waals surface area contributed by atoms with E-state index in [9.17, 15) is 18.4 Å². The van der Waals surface area contributed by atoms with E-state index in [4.69, 9.17) is 10.00 Å². The second kappa shape index (κ2) is 7.84. The number of rotatable bonds is 4. The number of aromatic nitrogens is 3. The zero-order chi connectivity index (χ0) is 22.1. The van der Waals surface area contributed by atoms with Crippen LogP contribution in [0.15, 0.2) is 53.5 Å². The first kappa shape index (κ1) is 20.0. The van der Waals surface area contributed by atoms with Crippen LogP contribution < -0.4 is 5.56 Å². The highest BCUT2D eigenvalue weighted by Gasteiger charge is 2.23. The summed E-state index contributed by atoms with van der Waals surface area (Å²) in [4.78, 5) is 32.4. The number of nitrogens with one attached hydrogen (secondary N) is 1. The molecule has 31 heavy (non-hydrogen) atoms. The second-order valence-corrected chi connectivity index (χ2v) is 6.52. The van der Waals surface area contributed by atoms with E-state index in [-0.39, 0.29) is 29.2 Å². The number of nitriles is 1. The van der Waals surface area contributed by atoms with E-state index in [0.29, 0.717) is 22.9 Å². The molecule has 7 nitrogen and oxygen atoms in total. The van der Waals surface area contributed by atoms with Crippen LogP contribution in [0.1, 0.15) is 22.8 Å². The summed E-state index contributed by atoms with van der Waals surface area (Å²) in [6.45, 7) is 1.66. The van der Waals surface area contributed by atoms with Crippen molar-refractivity contribution in [3.8, 4) is 28.6 Å². The largest absolute Gasteiger partial charge is 0.462 e. The summed E-state index contributed by atoms with van der Waals surface area (Å²) in [5.41, 5.74) is 0.139. The molecule has 154 valence electrons. The molecule has 0 aliphatic heterocycles. The minimum absolute atomic E-state index is 0.0520. The van der Waals surface area contributed by atoms with Crippen molar-refractivity contribution in [2.24, 2.45) is 0 Å². The van der Waals surface area contributed by atoms with Gasteiger partial charge in [-0.05, 0) is 31.2 Å². The van der Waals surface area contributed by atoms with Crippen LogP contribution in [-0.4, -0.2) is 26.9 Å². The highest BCUT2D eigenvalue weighted by molar-refractivity contribution is 5.89. The van der Waals surface area contributed by atoms with Crippen molar-refractivity contribution in [1.82, 2.24) is 14.4 Å². The Hall–Kier alpha value is -4.32. The fourth-order valence-corrected chi connectivity index (χ4v) is 3.24. The van der Waals surface area contributed by atoms with Gasteiger partial charge in [0.1, 0.15) is 17.2 Å². The number of ether oxygens (including phenoxy) is 1. The number of hydrogen-bond acceptors (Lipinski definition) is 5. The molecule has 0 atom stereocenters. The number of H-pyrrole nitrogens is 1. The van der Waals surface area contributed by atoms with Gasteiger partial charge >= 0.3 is 5.97 Å². The number of benzene rings is 2. The van der Waals surface area contributed by atoms with E-state index >= 15 is 0 Å². The van der Waals surface area contributed by atoms with Crippen molar-refractivity contribution in [1.29, 1.82) is 5.26 Å². The number of esters is 1. The van der Waals surface area contributed by atoms with Crippen molar-refractivity contribution in [2.45, 2.75) is 6.92 Å². The lowest BCUT2D eigenvalue weighted by Gasteiger charge is -2.08. The Labute approximate surface area is 174 Å². The van der Waals surface area contributed by atoms with Gasteiger partial charge in [0.15, 0.2) is 0 Å². The SMILES string of the molecule is CCOC(=O)c1cnc2[nH]c(-c3ccc(C#N)cc3)c(-c3ccc(F)cc3F)n2c1=O. The maximum atomic E-state index is 14.7. The summed E-state index contributed by atoms with van der Waals surface area (Å²) in [7, 11) is 0. The van der Waals surface area contributed by atoms with Gasteiger partial charge in [0, 0.05) is 17.2 Å². The van der Waals surface area contributed by atoms with Crippen molar-refractivity contribution in [3.63, 3.8) is 0 Å². The molecule has 2 aromatic carbocycles. The van der Waals surface area contributed by atoms with Gasteiger partial charge in [0.2, 0.25) is 5.78 Å². The molecular weight excluding hydrogens is 406 g/mol. The zero-order valence-electron chi connectivity index (χ0n) is 16.1. The molecule has 0 spiro atoms. The lowest BCUT2D eigenvalue weighted by atomic mass is 10.0. The Morgan fingerprint density at radius 1 is 1.23 bits per heavy atom. The molecule has 1 N–H and O–H groups in total. The first-order valence-electron chi connectivity index (χ1n) is 9.21. The fourth-order valence-electron chi connectivity index (χ4n) is 3.24. The summed E-state index contributed by atoms with van der Waals surface area (Å²) >= 11 is 0. The molecule has 0 saturated carbocycles. The normalized spacial score (nSPS) is 10.8. The summed E-state index contributed by atoms with van der Waals surface area (Å²) in [6, 6.07) is 11.3. The molecule has 2 aromatic heterocycles. The molecule has 0 saturated heterocycles. The van der Waals surface area contributed by atoms with Gasteiger partial charge in [-0.15, -0.1) is 0 Å². The molecule has 0 aliphatic carbocycles. The first-order valence-corrected chi connectivity index (χ1v) is 9.21. The number of hydrogen-bond donors (Lipinski definition) is 1. The first-order chi connectivity index (χ1) is 14.9. The van der Waals surface area contributed by atoms with Crippen LogP contribution in [0.3, 0.4) is 0 Å². The smallest absolute Gasteiger partial charge is 0.345 e. The number of aromatic amines is 1. The number of halogens is 2. The van der Waals surface area contributed by atoms with Crippen LogP contribution in [0, 0.1) is 23.0 Å². The summed E-state index contributed by atoms with van der Waals surface area (Å²) < 4.78 is 34.2. The number of carbonyl (C=O) groups is 1. The highest BCUT2D eigenvalue weighted by Crippen LogP contribution is 2.33. The van der Waals surface area contributed by atoms with Gasteiger partial charge in [-0.1, -0.05) is 12.1 Å². The van der Waals surface area contributed by atoms with Crippen molar-refractivity contribution >= 4 is 11.7 Å². The van der Waals surface area contributed by atoms with Gasteiger partial charge in [0.25, 0.3) is 5.56 Å². The van der Waals surface area contributed by atoms with Crippen LogP contribution in [0.4, 0.5) is 8.78 Å². The molecule has 0 radical (unpaired) electrons. The topological polar surface area (TPSA) is 100 Å². The molecule has 2 heterocycles. The summed E-state index contributed by atoms with van der Waals surface area (Å²) in [5, 5.41) is 9.03. The Morgan fingerprint density at radius 2 is 1.97 bits per heavy atom. The lowest BCUT2D eigenvalue weighted by Crippen LogP contribution is -2.24. The molecule has 9 heteroatoms. The molecule has 0 unspecified atom stereocenters. The van der Waals surface area contributed by atoms with Crippen molar-refractivity contribution in [2.75, 3.05) is 6.61 Å². The Bertz CT molecular complexity index is 1420. The third-order valence-electron chi connectivity index (χ3n) is 4.64. The molecule has 4 rings (SSSR count). The van der Waals surface area contributed by atoms with E-state index in [1.54, 1.807) is 31.2 Å². The standard InChI is InChI=1S/C22H14F2N4O3/c1-2-31-21(30)16-11-26-22-27-18(13-5-3-12(10-25)4-6-13)19(28(22)20(16)29)15-8-7-14(23)9-17(15)24/h3-9,11H,2H2,1H3,(H,26,27). The van der Waals surface area contributed by atoms with Gasteiger partial charge in [-0.3, -0.25) is 4.79 Å². The third kappa shape index (κ3) is 3.44. The van der Waals surface area contributed by atoms with Gasteiger partial charge in [-0.2, -0.15) is 5.26 Å². The van der Waals surface area contributed by atoms with E-state index in [1.165, 1.54) is 6.07 Å². The van der Waals surface area contributed by atoms with Crippen LogP contribution in [0.2, 0.25) is 0 Å². The maximum absolute atomic E-state index is 14.7. The number of nitrogens with zero attached hydrogens (tertiary/aromatic N) is 3. The summed E-state index contributed by atoms with van der Waals surface area (Å²) in [5.74, 6) is -2.49. The van der Waals surface area contributed by atoms with Crippen molar-refractivity contribution < 1.29 is 18.3 Å². The van der Waals surface area contributed by atoms with Crippen LogP contribution in [0.25, 0.3) is 28.3 Å². The zero-order valence-corrected chi connectivity index (χ0v) is 16.1. The average molecular weight is 420 g/mol. The molecule has 0 bridgehead atoms. The van der Waals surface area contributed by atoms with Crippen LogP contribution in [-0.2, 0) is 4.74 Å². The van der Waals surface area contributed by atoms with Gasteiger partial charge < -0.3 is 9.72 Å². The second-order valence-electron chi connectivity index (χ2n) is 6.52. The van der Waals surface area contributed by atoms with Crippen LogP contribution in [0.5, 0.6) is 0 Å². The van der Waals surface area contributed by atoms with E-state index in [0.717, 1.165) is 16.7 Å². The summed E-state index contributed by atoms with van der Waals surface area (Å²) in [6.07, 6.45) is 1.08. The number of carbonyl (C=O) groups excluding carboxylic acids is 1. The van der Waals surface area contributed by atoms with E-state index in [1.807, 2.05) is 6.07 Å². The minimum Gasteiger partial charge on any atom is -0.462 e. The van der Waals surface area contributed by atoms with E-state index in [2.05, 4.69) is 9.97 Å². The maximum Gasteiger partial charge on any atom is 0.345 e. The molecular formula is C22H14F2N4O3. The number of fused-ring (bicyclic) bond motifs is 1. The fraction of sp³-hybridized carbons (Fsp3) is 0.0909. The quantitative estimate of drug-likeness (QED) is 0.508. The molecule has 0 fully saturated rings. The minimum atomic E-state index is -0.899.